The summed E-state index contributed by atoms with van der Waals surface area (Å²) in [5.74, 6) is -1.21. The molecule has 5 heteroatoms. The van der Waals surface area contributed by atoms with E-state index >= 15 is 0 Å². The number of nitrogens with zero attached hydrogens (tertiary/aromatic N) is 1. The van der Waals surface area contributed by atoms with Crippen molar-refractivity contribution >= 4 is 11.9 Å². The van der Waals surface area contributed by atoms with Gasteiger partial charge in [-0.05, 0) is 16.7 Å². The van der Waals surface area contributed by atoms with E-state index in [4.69, 9.17) is 4.74 Å². The van der Waals surface area contributed by atoms with Crippen LogP contribution in [0.2, 0.25) is 0 Å². The van der Waals surface area contributed by atoms with Crippen molar-refractivity contribution in [2.75, 3.05) is 19.8 Å². The molecule has 24 heavy (non-hydrogen) atoms. The van der Waals surface area contributed by atoms with Gasteiger partial charge in [-0.3, -0.25) is 4.79 Å². The molecule has 1 atom stereocenters. The maximum absolute atomic E-state index is 12.4. The lowest BCUT2D eigenvalue weighted by Gasteiger charge is -2.32. The van der Waals surface area contributed by atoms with Gasteiger partial charge in [0.15, 0.2) is 6.04 Å². The molecule has 0 aliphatic carbocycles. The predicted octanol–water partition coefficient (Wildman–Crippen LogP) is 2.21. The van der Waals surface area contributed by atoms with Gasteiger partial charge in [-0.1, -0.05) is 54.6 Å². The second-order valence-corrected chi connectivity index (χ2v) is 5.76. The topological polar surface area (TPSA) is 66.8 Å². The van der Waals surface area contributed by atoms with Crippen LogP contribution in [-0.4, -0.2) is 47.7 Å². The maximum Gasteiger partial charge on any atom is 0.328 e. The lowest BCUT2D eigenvalue weighted by Crippen LogP contribution is -2.53. The van der Waals surface area contributed by atoms with E-state index < -0.39 is 12.0 Å². The molecule has 1 saturated heterocycles. The van der Waals surface area contributed by atoms with Gasteiger partial charge in [-0.15, -0.1) is 0 Å². The SMILES string of the molecule is O=C(O)C1COCCN1C(=O)Cc1ccc(-c2ccccc2)cc1. The third-order valence-electron chi connectivity index (χ3n) is 4.15. The molecule has 1 fully saturated rings. The number of rotatable bonds is 4. The number of hydrogen-bond acceptors (Lipinski definition) is 3. The van der Waals surface area contributed by atoms with Gasteiger partial charge < -0.3 is 14.7 Å². The first-order chi connectivity index (χ1) is 11.6. The minimum Gasteiger partial charge on any atom is -0.480 e. The summed E-state index contributed by atoms with van der Waals surface area (Å²) in [6, 6.07) is 16.9. The van der Waals surface area contributed by atoms with E-state index in [-0.39, 0.29) is 18.9 Å². The normalized spacial score (nSPS) is 17.5. The van der Waals surface area contributed by atoms with Crippen LogP contribution in [0.1, 0.15) is 5.56 Å². The fourth-order valence-electron chi connectivity index (χ4n) is 2.83. The van der Waals surface area contributed by atoms with Crippen LogP contribution in [-0.2, 0) is 20.7 Å². The molecule has 1 unspecified atom stereocenters. The van der Waals surface area contributed by atoms with E-state index in [2.05, 4.69) is 0 Å². The Bertz CT molecular complexity index is 712. The summed E-state index contributed by atoms with van der Waals surface area (Å²) in [6.45, 7) is 0.744. The van der Waals surface area contributed by atoms with Crippen molar-refractivity contribution in [1.29, 1.82) is 0 Å². The number of carboxylic acid groups (broad SMARTS) is 1. The fourth-order valence-corrected chi connectivity index (χ4v) is 2.83. The first-order valence-corrected chi connectivity index (χ1v) is 7.89. The van der Waals surface area contributed by atoms with Gasteiger partial charge in [0.1, 0.15) is 0 Å². The van der Waals surface area contributed by atoms with Crippen molar-refractivity contribution in [3.63, 3.8) is 0 Å². The van der Waals surface area contributed by atoms with Crippen molar-refractivity contribution in [2.24, 2.45) is 0 Å². The summed E-state index contributed by atoms with van der Waals surface area (Å²) >= 11 is 0. The predicted molar refractivity (Wildman–Crippen MR) is 89.5 cm³/mol. The number of morpholine rings is 1. The van der Waals surface area contributed by atoms with E-state index in [0.717, 1.165) is 16.7 Å². The molecule has 0 aromatic heterocycles. The highest BCUT2D eigenvalue weighted by atomic mass is 16.5. The molecule has 2 aromatic rings. The molecule has 3 rings (SSSR count). The average Bonchev–Trinajstić information content (AvgIpc) is 2.63. The standard InChI is InChI=1S/C19H19NO4/c21-18(20-10-11-24-13-17(20)19(22)23)12-14-6-8-16(9-7-14)15-4-2-1-3-5-15/h1-9,17H,10-13H2,(H,22,23). The summed E-state index contributed by atoms with van der Waals surface area (Å²) in [4.78, 5) is 25.1. The second kappa shape index (κ2) is 7.27. The van der Waals surface area contributed by atoms with Crippen molar-refractivity contribution in [3.8, 4) is 11.1 Å². The summed E-state index contributed by atoms with van der Waals surface area (Å²) in [5, 5.41) is 9.21. The third-order valence-corrected chi connectivity index (χ3v) is 4.15. The number of carbonyl (C=O) groups excluding carboxylic acids is 1. The molecule has 0 bridgehead atoms. The second-order valence-electron chi connectivity index (χ2n) is 5.76. The number of ether oxygens (including phenoxy) is 1. The Morgan fingerprint density at radius 1 is 1.04 bits per heavy atom. The summed E-state index contributed by atoms with van der Waals surface area (Å²) in [5.41, 5.74) is 3.08. The van der Waals surface area contributed by atoms with Crippen molar-refractivity contribution in [1.82, 2.24) is 4.90 Å². The molecular weight excluding hydrogens is 306 g/mol. The van der Waals surface area contributed by atoms with Crippen molar-refractivity contribution in [3.05, 3.63) is 60.2 Å². The Morgan fingerprint density at radius 2 is 1.71 bits per heavy atom. The fraction of sp³-hybridized carbons (Fsp3) is 0.263. The van der Waals surface area contributed by atoms with Gasteiger partial charge in [0.2, 0.25) is 5.91 Å². The third kappa shape index (κ3) is 3.63. The van der Waals surface area contributed by atoms with Gasteiger partial charge in [0, 0.05) is 6.54 Å². The molecule has 1 aliphatic heterocycles. The Hall–Kier alpha value is -2.66. The van der Waals surface area contributed by atoms with E-state index in [0.29, 0.717) is 13.2 Å². The Kier molecular flexibility index (Phi) is 4.91. The van der Waals surface area contributed by atoms with E-state index in [1.165, 1.54) is 4.90 Å². The van der Waals surface area contributed by atoms with Crippen LogP contribution in [0.4, 0.5) is 0 Å². The lowest BCUT2D eigenvalue weighted by molar-refractivity contribution is -0.158. The molecule has 0 saturated carbocycles. The van der Waals surface area contributed by atoms with Crippen LogP contribution in [0.5, 0.6) is 0 Å². The largest absolute Gasteiger partial charge is 0.480 e. The summed E-state index contributed by atoms with van der Waals surface area (Å²) < 4.78 is 5.16. The zero-order chi connectivity index (χ0) is 16.9. The molecule has 1 heterocycles. The monoisotopic (exact) mass is 325 g/mol. The maximum atomic E-state index is 12.4. The molecule has 1 N–H and O–H groups in total. The number of hydrogen-bond donors (Lipinski definition) is 1. The highest BCUT2D eigenvalue weighted by Gasteiger charge is 2.32. The minimum absolute atomic E-state index is 0.0496. The van der Waals surface area contributed by atoms with E-state index in [1.54, 1.807) is 0 Å². The number of benzene rings is 2. The molecule has 1 amide bonds. The zero-order valence-electron chi connectivity index (χ0n) is 13.2. The molecule has 2 aromatic carbocycles. The number of amides is 1. The smallest absolute Gasteiger partial charge is 0.328 e. The average molecular weight is 325 g/mol. The van der Waals surface area contributed by atoms with E-state index in [1.807, 2.05) is 54.6 Å². The zero-order valence-corrected chi connectivity index (χ0v) is 13.2. The minimum atomic E-state index is -1.03. The summed E-state index contributed by atoms with van der Waals surface area (Å²) in [6.07, 6.45) is 0.193. The van der Waals surface area contributed by atoms with Crippen LogP contribution >= 0.6 is 0 Å². The highest BCUT2D eigenvalue weighted by molar-refractivity contribution is 5.85. The summed E-state index contributed by atoms with van der Waals surface area (Å²) in [7, 11) is 0. The van der Waals surface area contributed by atoms with Gasteiger partial charge >= 0.3 is 5.97 Å². The molecule has 124 valence electrons. The van der Waals surface area contributed by atoms with Gasteiger partial charge in [0.05, 0.1) is 19.6 Å². The van der Waals surface area contributed by atoms with Crippen LogP contribution in [0.3, 0.4) is 0 Å². The highest BCUT2D eigenvalue weighted by Crippen LogP contribution is 2.20. The van der Waals surface area contributed by atoms with Crippen molar-refractivity contribution in [2.45, 2.75) is 12.5 Å². The Labute approximate surface area is 140 Å². The first kappa shape index (κ1) is 16.2. The number of carbonyl (C=O) groups is 2. The molecular formula is C19H19NO4. The van der Waals surface area contributed by atoms with Gasteiger partial charge in [-0.2, -0.15) is 0 Å². The lowest BCUT2D eigenvalue weighted by atomic mass is 10.0. The Balaban J connectivity index is 1.69. The number of carboxylic acids is 1. The van der Waals surface area contributed by atoms with Crippen molar-refractivity contribution < 1.29 is 19.4 Å². The quantitative estimate of drug-likeness (QED) is 0.936. The van der Waals surface area contributed by atoms with Gasteiger partial charge in [-0.25, -0.2) is 4.79 Å². The molecule has 0 spiro atoms. The molecule has 0 radical (unpaired) electrons. The Morgan fingerprint density at radius 3 is 2.38 bits per heavy atom. The molecule has 5 nitrogen and oxygen atoms in total. The van der Waals surface area contributed by atoms with Crippen LogP contribution in [0.25, 0.3) is 11.1 Å². The first-order valence-electron chi connectivity index (χ1n) is 7.89. The van der Waals surface area contributed by atoms with Crippen LogP contribution < -0.4 is 0 Å². The molecule has 1 aliphatic rings. The number of aliphatic carboxylic acids is 1. The van der Waals surface area contributed by atoms with E-state index in [9.17, 15) is 14.7 Å². The van der Waals surface area contributed by atoms with Gasteiger partial charge in [0.25, 0.3) is 0 Å². The van der Waals surface area contributed by atoms with Crippen LogP contribution in [0.15, 0.2) is 54.6 Å². The van der Waals surface area contributed by atoms with Crippen LogP contribution in [0, 0.1) is 0 Å².